The Labute approximate surface area is 165 Å². The largest absolute Gasteiger partial charge is 0.484 e. The minimum Gasteiger partial charge on any atom is -0.484 e. The molecule has 0 aliphatic carbocycles. The standard InChI is InChI=1S/C19H20BrFN2O4/c1-12(27-17-9-4-13(21)10-16(17)20)19(25)22-14-5-7-15(8-6-14)26-11-18(24)23(2)3/h4-10,12H,11H2,1-3H3,(H,22,25). The van der Waals surface area contributed by atoms with Gasteiger partial charge in [0.2, 0.25) is 0 Å². The van der Waals surface area contributed by atoms with E-state index >= 15 is 0 Å². The number of hydrogen-bond donors (Lipinski definition) is 1. The molecule has 27 heavy (non-hydrogen) atoms. The van der Waals surface area contributed by atoms with Crippen LogP contribution in [0.1, 0.15) is 6.92 Å². The number of ether oxygens (including phenoxy) is 2. The molecule has 0 aliphatic heterocycles. The number of likely N-dealkylation sites (N-methyl/N-ethyl adjacent to an activating group) is 1. The molecule has 1 unspecified atom stereocenters. The molecule has 0 heterocycles. The fourth-order valence-corrected chi connectivity index (χ4v) is 2.41. The summed E-state index contributed by atoms with van der Waals surface area (Å²) in [5.41, 5.74) is 0.555. The van der Waals surface area contributed by atoms with E-state index in [9.17, 15) is 14.0 Å². The molecule has 2 amide bonds. The molecule has 2 aromatic carbocycles. The topological polar surface area (TPSA) is 67.9 Å². The molecule has 0 saturated heterocycles. The average molecular weight is 439 g/mol. The summed E-state index contributed by atoms with van der Waals surface area (Å²) >= 11 is 3.20. The molecule has 0 bridgehead atoms. The van der Waals surface area contributed by atoms with E-state index in [0.717, 1.165) is 0 Å². The zero-order valence-electron chi connectivity index (χ0n) is 15.2. The zero-order chi connectivity index (χ0) is 20.0. The van der Waals surface area contributed by atoms with Crippen LogP contribution >= 0.6 is 15.9 Å². The first-order valence-electron chi connectivity index (χ1n) is 8.12. The second kappa shape index (κ2) is 9.36. The minimum atomic E-state index is -0.791. The van der Waals surface area contributed by atoms with Gasteiger partial charge in [-0.25, -0.2) is 4.39 Å². The van der Waals surface area contributed by atoms with Crippen LogP contribution in [-0.2, 0) is 9.59 Å². The molecule has 0 aromatic heterocycles. The second-order valence-corrected chi connectivity index (χ2v) is 6.78. The number of hydrogen-bond acceptors (Lipinski definition) is 4. The van der Waals surface area contributed by atoms with E-state index in [4.69, 9.17) is 9.47 Å². The van der Waals surface area contributed by atoms with Crippen LogP contribution < -0.4 is 14.8 Å². The Morgan fingerprint density at radius 1 is 1.19 bits per heavy atom. The smallest absolute Gasteiger partial charge is 0.265 e. The number of nitrogens with one attached hydrogen (secondary N) is 1. The molecule has 0 radical (unpaired) electrons. The highest BCUT2D eigenvalue weighted by Crippen LogP contribution is 2.26. The number of rotatable bonds is 7. The van der Waals surface area contributed by atoms with Crippen molar-refractivity contribution in [1.29, 1.82) is 0 Å². The molecule has 1 atom stereocenters. The Balaban J connectivity index is 1.90. The number of halogens is 2. The maximum absolute atomic E-state index is 13.1. The molecule has 0 saturated carbocycles. The van der Waals surface area contributed by atoms with Crippen molar-refractivity contribution in [2.45, 2.75) is 13.0 Å². The lowest BCUT2D eigenvalue weighted by atomic mass is 10.2. The van der Waals surface area contributed by atoms with Gasteiger partial charge in [-0.1, -0.05) is 0 Å². The molecule has 1 N–H and O–H groups in total. The van der Waals surface area contributed by atoms with Gasteiger partial charge in [0.15, 0.2) is 12.7 Å². The molecule has 2 aromatic rings. The normalized spacial score (nSPS) is 11.4. The molecular weight excluding hydrogens is 419 g/mol. The summed E-state index contributed by atoms with van der Waals surface area (Å²) in [4.78, 5) is 25.2. The summed E-state index contributed by atoms with van der Waals surface area (Å²) in [7, 11) is 3.30. The summed E-state index contributed by atoms with van der Waals surface area (Å²) in [6, 6.07) is 10.6. The van der Waals surface area contributed by atoms with E-state index in [-0.39, 0.29) is 18.4 Å². The molecule has 0 fully saturated rings. The number of nitrogens with zero attached hydrogens (tertiary/aromatic N) is 1. The van der Waals surface area contributed by atoms with Gasteiger partial charge < -0.3 is 19.7 Å². The van der Waals surface area contributed by atoms with Gasteiger partial charge in [0.1, 0.15) is 17.3 Å². The highest BCUT2D eigenvalue weighted by atomic mass is 79.9. The van der Waals surface area contributed by atoms with Crippen molar-refractivity contribution in [1.82, 2.24) is 4.90 Å². The van der Waals surface area contributed by atoms with E-state index in [2.05, 4.69) is 21.2 Å². The highest BCUT2D eigenvalue weighted by molar-refractivity contribution is 9.10. The Morgan fingerprint density at radius 3 is 2.44 bits per heavy atom. The fourth-order valence-electron chi connectivity index (χ4n) is 1.97. The predicted molar refractivity (Wildman–Crippen MR) is 103 cm³/mol. The third-order valence-electron chi connectivity index (χ3n) is 3.55. The average Bonchev–Trinajstić information content (AvgIpc) is 2.62. The van der Waals surface area contributed by atoms with Crippen molar-refractivity contribution in [2.75, 3.05) is 26.0 Å². The van der Waals surface area contributed by atoms with Gasteiger partial charge in [-0.15, -0.1) is 0 Å². The Morgan fingerprint density at radius 2 is 1.85 bits per heavy atom. The van der Waals surface area contributed by atoms with E-state index in [1.807, 2.05) is 0 Å². The Bertz CT molecular complexity index is 812. The monoisotopic (exact) mass is 438 g/mol. The molecule has 2 rings (SSSR count). The Hall–Kier alpha value is -2.61. The van der Waals surface area contributed by atoms with Crippen LogP contribution in [-0.4, -0.2) is 43.5 Å². The van der Waals surface area contributed by atoms with Crippen LogP contribution in [0.5, 0.6) is 11.5 Å². The van der Waals surface area contributed by atoms with Crippen molar-refractivity contribution in [2.24, 2.45) is 0 Å². The van der Waals surface area contributed by atoms with Crippen LogP contribution in [0.4, 0.5) is 10.1 Å². The molecule has 0 aliphatic rings. The van der Waals surface area contributed by atoms with E-state index in [1.54, 1.807) is 45.3 Å². The number of anilines is 1. The lowest BCUT2D eigenvalue weighted by Gasteiger charge is -2.16. The van der Waals surface area contributed by atoms with Crippen LogP contribution in [0.25, 0.3) is 0 Å². The summed E-state index contributed by atoms with van der Waals surface area (Å²) in [5, 5.41) is 2.72. The van der Waals surface area contributed by atoms with Crippen LogP contribution in [0.15, 0.2) is 46.9 Å². The van der Waals surface area contributed by atoms with Gasteiger partial charge in [-0.2, -0.15) is 0 Å². The van der Waals surface area contributed by atoms with Crippen molar-refractivity contribution in [3.05, 3.63) is 52.8 Å². The van der Waals surface area contributed by atoms with Gasteiger partial charge in [0.25, 0.3) is 11.8 Å². The van der Waals surface area contributed by atoms with Gasteiger partial charge in [0.05, 0.1) is 4.47 Å². The fraction of sp³-hybridized carbons (Fsp3) is 0.263. The van der Waals surface area contributed by atoms with Crippen LogP contribution in [0.3, 0.4) is 0 Å². The lowest BCUT2D eigenvalue weighted by molar-refractivity contribution is -0.130. The summed E-state index contributed by atoms with van der Waals surface area (Å²) < 4.78 is 24.5. The van der Waals surface area contributed by atoms with Gasteiger partial charge in [0, 0.05) is 19.8 Å². The first-order valence-corrected chi connectivity index (χ1v) is 8.91. The van der Waals surface area contributed by atoms with Gasteiger partial charge >= 0.3 is 0 Å². The number of amides is 2. The molecule has 8 heteroatoms. The number of carbonyl (C=O) groups excluding carboxylic acids is 2. The highest BCUT2D eigenvalue weighted by Gasteiger charge is 2.16. The molecule has 0 spiro atoms. The zero-order valence-corrected chi connectivity index (χ0v) is 16.7. The molecular formula is C19H20BrFN2O4. The lowest BCUT2D eigenvalue weighted by Crippen LogP contribution is -2.30. The first kappa shape index (κ1) is 20.7. The van der Waals surface area contributed by atoms with E-state index < -0.39 is 11.9 Å². The number of carbonyl (C=O) groups is 2. The number of benzene rings is 2. The molecule has 144 valence electrons. The quantitative estimate of drug-likeness (QED) is 0.718. The van der Waals surface area contributed by atoms with Crippen molar-refractivity contribution in [3.63, 3.8) is 0 Å². The van der Waals surface area contributed by atoms with Gasteiger partial charge in [-0.05, 0) is 65.3 Å². The summed E-state index contributed by atoms with van der Waals surface area (Å²) in [6.45, 7) is 1.53. The van der Waals surface area contributed by atoms with Crippen molar-refractivity contribution >= 4 is 33.4 Å². The maximum Gasteiger partial charge on any atom is 0.265 e. The van der Waals surface area contributed by atoms with Crippen molar-refractivity contribution in [3.8, 4) is 11.5 Å². The molecule has 6 nitrogen and oxygen atoms in total. The minimum absolute atomic E-state index is 0.0594. The van der Waals surface area contributed by atoms with Crippen molar-refractivity contribution < 1.29 is 23.5 Å². The SMILES string of the molecule is CC(Oc1ccc(F)cc1Br)C(=O)Nc1ccc(OCC(=O)N(C)C)cc1. The maximum atomic E-state index is 13.1. The third kappa shape index (κ3) is 6.25. The van der Waals surface area contributed by atoms with E-state index in [0.29, 0.717) is 21.7 Å². The first-order chi connectivity index (χ1) is 12.8. The van der Waals surface area contributed by atoms with E-state index in [1.165, 1.54) is 23.1 Å². The second-order valence-electron chi connectivity index (χ2n) is 5.93. The van der Waals surface area contributed by atoms with Crippen LogP contribution in [0.2, 0.25) is 0 Å². The van der Waals surface area contributed by atoms with Gasteiger partial charge in [-0.3, -0.25) is 9.59 Å². The summed E-state index contributed by atoms with van der Waals surface area (Å²) in [6.07, 6.45) is -0.791. The third-order valence-corrected chi connectivity index (χ3v) is 4.17. The summed E-state index contributed by atoms with van der Waals surface area (Å²) in [5.74, 6) is -0.0231. The Kier molecular flexibility index (Phi) is 7.18. The predicted octanol–water partition coefficient (Wildman–Crippen LogP) is 3.46. The van der Waals surface area contributed by atoms with Crippen LogP contribution in [0, 0.1) is 5.82 Å².